The van der Waals surface area contributed by atoms with Gasteiger partial charge in [-0.1, -0.05) is 11.6 Å². The van der Waals surface area contributed by atoms with E-state index in [2.05, 4.69) is 4.90 Å². The standard InChI is InChI=1S/C16H22N2O3/c1-12-2-3-15(19)14(10-12)16(20)18-5-4-13(11-18)17-6-8-21-9-7-17/h2-3,10,13,19H,4-9,11H2,1H3. The van der Waals surface area contributed by atoms with Crippen LogP contribution in [0, 0.1) is 6.92 Å². The lowest BCUT2D eigenvalue weighted by Crippen LogP contribution is -2.45. The topological polar surface area (TPSA) is 53.0 Å². The Bertz CT molecular complexity index is 526. The first-order chi connectivity index (χ1) is 10.1. The molecule has 2 saturated heterocycles. The van der Waals surface area contributed by atoms with Gasteiger partial charge in [-0.15, -0.1) is 0 Å². The van der Waals surface area contributed by atoms with E-state index in [4.69, 9.17) is 4.74 Å². The van der Waals surface area contributed by atoms with Gasteiger partial charge < -0.3 is 14.7 Å². The monoisotopic (exact) mass is 290 g/mol. The Morgan fingerprint density at radius 3 is 2.81 bits per heavy atom. The van der Waals surface area contributed by atoms with Crippen LogP contribution in [0.4, 0.5) is 0 Å². The molecule has 2 fully saturated rings. The zero-order valence-electron chi connectivity index (χ0n) is 12.4. The molecule has 0 bridgehead atoms. The number of benzene rings is 1. The summed E-state index contributed by atoms with van der Waals surface area (Å²) in [5.74, 6) is 0.00684. The molecule has 5 heteroatoms. The number of morpholine rings is 1. The van der Waals surface area contributed by atoms with Crippen molar-refractivity contribution in [2.45, 2.75) is 19.4 Å². The molecule has 1 aromatic carbocycles. The molecular formula is C16H22N2O3. The number of likely N-dealkylation sites (tertiary alicyclic amines) is 1. The predicted molar refractivity (Wildman–Crippen MR) is 79.5 cm³/mol. The largest absolute Gasteiger partial charge is 0.507 e. The second kappa shape index (κ2) is 6.03. The lowest BCUT2D eigenvalue weighted by atomic mass is 10.1. The van der Waals surface area contributed by atoms with Gasteiger partial charge in [0.2, 0.25) is 0 Å². The average Bonchev–Trinajstić information content (AvgIpc) is 3.00. The molecule has 2 aliphatic heterocycles. The second-order valence-electron chi connectivity index (χ2n) is 5.86. The summed E-state index contributed by atoms with van der Waals surface area (Å²) < 4.78 is 5.38. The Labute approximate surface area is 125 Å². The number of aromatic hydroxyl groups is 1. The Hall–Kier alpha value is -1.59. The highest BCUT2D eigenvalue weighted by Crippen LogP contribution is 2.24. The van der Waals surface area contributed by atoms with E-state index in [1.807, 2.05) is 17.9 Å². The van der Waals surface area contributed by atoms with E-state index in [0.717, 1.165) is 51.4 Å². The van der Waals surface area contributed by atoms with Crippen LogP contribution < -0.4 is 0 Å². The first-order valence-corrected chi connectivity index (χ1v) is 7.56. The summed E-state index contributed by atoms with van der Waals surface area (Å²) in [5, 5.41) is 9.91. The molecule has 1 atom stereocenters. The van der Waals surface area contributed by atoms with Crippen molar-refractivity contribution in [1.82, 2.24) is 9.80 Å². The summed E-state index contributed by atoms with van der Waals surface area (Å²) in [6, 6.07) is 5.59. The molecule has 2 heterocycles. The average molecular weight is 290 g/mol. The molecule has 5 nitrogen and oxygen atoms in total. The van der Waals surface area contributed by atoms with E-state index in [0.29, 0.717) is 11.6 Å². The first kappa shape index (κ1) is 14.4. The van der Waals surface area contributed by atoms with Gasteiger partial charge in [0.25, 0.3) is 5.91 Å². The molecule has 1 aromatic rings. The molecule has 3 rings (SSSR count). The maximum absolute atomic E-state index is 12.6. The summed E-state index contributed by atoms with van der Waals surface area (Å²) in [4.78, 5) is 16.8. The third kappa shape index (κ3) is 3.04. The van der Waals surface area contributed by atoms with Crippen LogP contribution in [-0.2, 0) is 4.74 Å². The van der Waals surface area contributed by atoms with Gasteiger partial charge in [0.15, 0.2) is 0 Å². The van der Waals surface area contributed by atoms with E-state index in [1.54, 1.807) is 12.1 Å². The van der Waals surface area contributed by atoms with Crippen molar-refractivity contribution in [1.29, 1.82) is 0 Å². The van der Waals surface area contributed by atoms with E-state index >= 15 is 0 Å². The van der Waals surface area contributed by atoms with Gasteiger partial charge in [0, 0.05) is 32.2 Å². The minimum Gasteiger partial charge on any atom is -0.507 e. The smallest absolute Gasteiger partial charge is 0.257 e. The number of amides is 1. The van der Waals surface area contributed by atoms with Crippen molar-refractivity contribution in [2.24, 2.45) is 0 Å². The molecule has 0 spiro atoms. The molecule has 114 valence electrons. The van der Waals surface area contributed by atoms with Gasteiger partial charge in [-0.05, 0) is 25.5 Å². The van der Waals surface area contributed by atoms with Crippen LogP contribution in [0.15, 0.2) is 18.2 Å². The van der Waals surface area contributed by atoms with Gasteiger partial charge in [-0.3, -0.25) is 9.69 Å². The Morgan fingerprint density at radius 1 is 1.29 bits per heavy atom. The molecule has 1 unspecified atom stereocenters. The van der Waals surface area contributed by atoms with Gasteiger partial charge >= 0.3 is 0 Å². The summed E-state index contributed by atoms with van der Waals surface area (Å²) in [6.45, 7) is 6.88. The fourth-order valence-electron chi connectivity index (χ4n) is 3.16. The number of carbonyl (C=O) groups excluding carboxylic acids is 1. The van der Waals surface area contributed by atoms with E-state index in [1.165, 1.54) is 0 Å². The molecule has 0 aromatic heterocycles. The van der Waals surface area contributed by atoms with Crippen molar-refractivity contribution < 1.29 is 14.6 Å². The third-order valence-corrected chi connectivity index (χ3v) is 4.40. The van der Waals surface area contributed by atoms with Crippen LogP contribution in [0.5, 0.6) is 5.75 Å². The maximum Gasteiger partial charge on any atom is 0.257 e. The van der Waals surface area contributed by atoms with Crippen LogP contribution in [-0.4, -0.2) is 66.2 Å². The van der Waals surface area contributed by atoms with Crippen molar-refractivity contribution in [3.8, 4) is 5.75 Å². The highest BCUT2D eigenvalue weighted by atomic mass is 16.5. The van der Waals surface area contributed by atoms with Crippen molar-refractivity contribution in [2.75, 3.05) is 39.4 Å². The highest BCUT2D eigenvalue weighted by Gasteiger charge is 2.32. The molecule has 21 heavy (non-hydrogen) atoms. The number of carbonyl (C=O) groups is 1. The van der Waals surface area contributed by atoms with Crippen LogP contribution >= 0.6 is 0 Å². The minimum absolute atomic E-state index is 0.0630. The number of phenolic OH excluding ortho intramolecular Hbond substituents is 1. The number of hydrogen-bond acceptors (Lipinski definition) is 4. The van der Waals surface area contributed by atoms with Gasteiger partial charge in [-0.2, -0.15) is 0 Å². The summed E-state index contributed by atoms with van der Waals surface area (Å²) in [5.41, 5.74) is 1.40. The number of hydrogen-bond donors (Lipinski definition) is 1. The predicted octanol–water partition coefficient (Wildman–Crippen LogP) is 1.25. The zero-order valence-corrected chi connectivity index (χ0v) is 12.4. The summed E-state index contributed by atoms with van der Waals surface area (Å²) in [7, 11) is 0. The third-order valence-electron chi connectivity index (χ3n) is 4.40. The maximum atomic E-state index is 12.6. The van der Waals surface area contributed by atoms with E-state index in [-0.39, 0.29) is 11.7 Å². The van der Waals surface area contributed by atoms with Crippen LogP contribution in [0.1, 0.15) is 22.3 Å². The quantitative estimate of drug-likeness (QED) is 0.890. The minimum atomic E-state index is -0.0630. The van der Waals surface area contributed by atoms with Crippen molar-refractivity contribution >= 4 is 5.91 Å². The van der Waals surface area contributed by atoms with Crippen LogP contribution in [0.25, 0.3) is 0 Å². The fourth-order valence-corrected chi connectivity index (χ4v) is 3.16. The number of ether oxygens (including phenoxy) is 1. The van der Waals surface area contributed by atoms with Gasteiger partial charge in [0.05, 0.1) is 18.8 Å². The second-order valence-corrected chi connectivity index (χ2v) is 5.86. The van der Waals surface area contributed by atoms with Crippen molar-refractivity contribution in [3.05, 3.63) is 29.3 Å². The van der Waals surface area contributed by atoms with Crippen LogP contribution in [0.3, 0.4) is 0 Å². The van der Waals surface area contributed by atoms with E-state index < -0.39 is 0 Å². The number of rotatable bonds is 2. The number of nitrogens with zero attached hydrogens (tertiary/aromatic N) is 2. The number of phenols is 1. The lowest BCUT2D eigenvalue weighted by Gasteiger charge is -2.32. The fraction of sp³-hybridized carbons (Fsp3) is 0.562. The molecular weight excluding hydrogens is 268 g/mol. The molecule has 1 amide bonds. The van der Waals surface area contributed by atoms with E-state index in [9.17, 15) is 9.90 Å². The molecule has 0 saturated carbocycles. The summed E-state index contributed by atoms with van der Waals surface area (Å²) >= 11 is 0. The van der Waals surface area contributed by atoms with Gasteiger partial charge in [0.1, 0.15) is 5.75 Å². The highest BCUT2D eigenvalue weighted by molar-refractivity contribution is 5.97. The normalized spacial score (nSPS) is 23.5. The Balaban J connectivity index is 1.67. The SMILES string of the molecule is Cc1ccc(O)c(C(=O)N2CCC(N3CCOCC3)C2)c1. The van der Waals surface area contributed by atoms with Gasteiger partial charge in [-0.25, -0.2) is 0 Å². The molecule has 0 radical (unpaired) electrons. The zero-order chi connectivity index (χ0) is 14.8. The molecule has 0 aliphatic carbocycles. The molecule has 1 N–H and O–H groups in total. The molecule has 2 aliphatic rings. The first-order valence-electron chi connectivity index (χ1n) is 7.56. The summed E-state index contributed by atoms with van der Waals surface area (Å²) in [6.07, 6.45) is 0.998. The van der Waals surface area contributed by atoms with Crippen LogP contribution in [0.2, 0.25) is 0 Å². The lowest BCUT2D eigenvalue weighted by molar-refractivity contribution is 0.0185. The van der Waals surface area contributed by atoms with Crippen molar-refractivity contribution in [3.63, 3.8) is 0 Å². The number of aryl methyl sites for hydroxylation is 1. The Kier molecular flexibility index (Phi) is 4.12. The Morgan fingerprint density at radius 2 is 2.05 bits per heavy atom.